The minimum absolute atomic E-state index is 0.226. The van der Waals surface area contributed by atoms with Crippen LogP contribution in [0.3, 0.4) is 0 Å². The summed E-state index contributed by atoms with van der Waals surface area (Å²) >= 11 is 0. The lowest BCUT2D eigenvalue weighted by Crippen LogP contribution is -2.29. The van der Waals surface area contributed by atoms with Gasteiger partial charge < -0.3 is 18.8 Å². The van der Waals surface area contributed by atoms with Crippen molar-refractivity contribution in [3.63, 3.8) is 0 Å². The molecule has 0 radical (unpaired) electrons. The van der Waals surface area contributed by atoms with E-state index in [0.717, 1.165) is 49.7 Å². The van der Waals surface area contributed by atoms with Crippen LogP contribution in [0, 0.1) is 0 Å². The zero-order chi connectivity index (χ0) is 21.8. The van der Waals surface area contributed by atoms with Crippen LogP contribution in [0.2, 0.25) is 0 Å². The molecule has 0 spiro atoms. The fraction of sp³-hybridized carbons (Fsp3) is 0.565. The van der Waals surface area contributed by atoms with Crippen molar-refractivity contribution in [2.24, 2.45) is 0 Å². The molecule has 0 fully saturated rings. The Morgan fingerprint density at radius 1 is 0.935 bits per heavy atom. The van der Waals surface area contributed by atoms with E-state index in [2.05, 4.69) is 26.4 Å². The Bertz CT molecular complexity index is 1010. The van der Waals surface area contributed by atoms with Gasteiger partial charge in [-0.05, 0) is 44.9 Å². The van der Waals surface area contributed by atoms with Crippen LogP contribution in [0.25, 0.3) is 0 Å². The molecule has 8 heteroatoms. The molecule has 8 nitrogen and oxygen atoms in total. The average Bonchev–Trinajstić information content (AvgIpc) is 3.50. The lowest BCUT2D eigenvalue weighted by Gasteiger charge is -2.29. The summed E-state index contributed by atoms with van der Waals surface area (Å²) in [6.45, 7) is 7.22. The van der Waals surface area contributed by atoms with Crippen molar-refractivity contribution in [2.45, 2.75) is 83.5 Å². The molecule has 31 heavy (non-hydrogen) atoms. The number of aromatic nitrogens is 6. The zero-order valence-corrected chi connectivity index (χ0v) is 18.4. The average molecular weight is 425 g/mol. The molecule has 166 valence electrons. The van der Waals surface area contributed by atoms with Gasteiger partial charge in [0.25, 0.3) is 0 Å². The molecule has 2 atom stereocenters. The standard InChI is InChI=1S/C8H12N2O.C8H12N2.C7H8N2O/c1-8(11)3-2-4-10-6-9-5-7(8)10;1-7-3-2-4-10-6-9-5-8(7)10;10-7-2-1-3-9-5-8-4-6(7)9/h5-6,11H,2-4H2,1H3;5-7H,2-4H2,1H3;4-5H,1-3H2. The minimum Gasteiger partial charge on any atom is -0.384 e. The largest absolute Gasteiger partial charge is 0.384 e. The SMILES string of the molecule is CC1(O)CCCn2cncc21.CC1CCCn2cncc21.O=C1CCCn2cncc21. The van der Waals surface area contributed by atoms with Gasteiger partial charge in [-0.2, -0.15) is 0 Å². The van der Waals surface area contributed by atoms with E-state index in [1.807, 2.05) is 28.6 Å². The number of Topliss-reactive ketones (excluding diaryl/α,β-unsaturated/α-hetero) is 1. The van der Waals surface area contributed by atoms with Crippen molar-refractivity contribution in [3.8, 4) is 0 Å². The van der Waals surface area contributed by atoms with Crippen molar-refractivity contribution in [1.82, 2.24) is 28.7 Å². The molecule has 0 saturated heterocycles. The highest BCUT2D eigenvalue weighted by Gasteiger charge is 2.29. The van der Waals surface area contributed by atoms with Gasteiger partial charge in [0, 0.05) is 37.9 Å². The van der Waals surface area contributed by atoms with Crippen LogP contribution in [0.15, 0.2) is 37.6 Å². The lowest BCUT2D eigenvalue weighted by atomic mass is 9.93. The summed E-state index contributed by atoms with van der Waals surface area (Å²) < 4.78 is 6.18. The first-order chi connectivity index (χ1) is 15.0. The predicted molar refractivity (Wildman–Crippen MR) is 117 cm³/mol. The molecular weight excluding hydrogens is 392 g/mol. The molecule has 0 bridgehead atoms. The van der Waals surface area contributed by atoms with E-state index in [0.29, 0.717) is 6.42 Å². The van der Waals surface area contributed by atoms with Gasteiger partial charge in [-0.1, -0.05) is 6.92 Å². The maximum Gasteiger partial charge on any atom is 0.180 e. The summed E-state index contributed by atoms with van der Waals surface area (Å²) in [7, 11) is 0. The second-order valence-corrected chi connectivity index (χ2v) is 8.90. The normalized spacial score (nSPS) is 24.0. The number of hydrogen-bond donors (Lipinski definition) is 1. The fourth-order valence-corrected chi connectivity index (χ4v) is 4.58. The van der Waals surface area contributed by atoms with Gasteiger partial charge in [0.05, 0.1) is 37.1 Å². The molecule has 0 saturated carbocycles. The number of aliphatic hydroxyl groups is 1. The third-order valence-electron chi connectivity index (χ3n) is 6.41. The Labute approximate surface area is 183 Å². The maximum atomic E-state index is 11.1. The van der Waals surface area contributed by atoms with E-state index < -0.39 is 5.60 Å². The number of aryl methyl sites for hydroxylation is 3. The third kappa shape index (κ3) is 4.79. The first-order valence-electron chi connectivity index (χ1n) is 11.2. The van der Waals surface area contributed by atoms with Crippen LogP contribution in [-0.4, -0.2) is 39.5 Å². The number of rotatable bonds is 0. The van der Waals surface area contributed by atoms with E-state index in [1.165, 1.54) is 25.1 Å². The smallest absolute Gasteiger partial charge is 0.180 e. The van der Waals surface area contributed by atoms with E-state index in [1.54, 1.807) is 25.0 Å². The topological polar surface area (TPSA) is 90.8 Å². The van der Waals surface area contributed by atoms with Crippen molar-refractivity contribution in [1.29, 1.82) is 0 Å². The van der Waals surface area contributed by atoms with Crippen LogP contribution in [0.5, 0.6) is 0 Å². The summed E-state index contributed by atoms with van der Waals surface area (Å²) in [5.74, 6) is 0.944. The Morgan fingerprint density at radius 3 is 2.39 bits per heavy atom. The van der Waals surface area contributed by atoms with Crippen LogP contribution < -0.4 is 0 Å². The summed E-state index contributed by atoms with van der Waals surface area (Å²) in [4.78, 5) is 23.1. The van der Waals surface area contributed by atoms with Gasteiger partial charge in [-0.15, -0.1) is 0 Å². The molecule has 3 aliphatic heterocycles. The van der Waals surface area contributed by atoms with Gasteiger partial charge in [-0.3, -0.25) is 4.79 Å². The Hall–Kier alpha value is -2.74. The first-order valence-corrected chi connectivity index (χ1v) is 11.2. The number of nitrogens with zero attached hydrogens (tertiary/aromatic N) is 6. The number of hydrogen-bond acceptors (Lipinski definition) is 5. The molecule has 1 N–H and O–H groups in total. The second-order valence-electron chi connectivity index (χ2n) is 8.90. The molecule has 6 rings (SSSR count). The van der Waals surface area contributed by atoms with Crippen LogP contribution in [-0.2, 0) is 25.2 Å². The minimum atomic E-state index is -0.658. The van der Waals surface area contributed by atoms with E-state index in [-0.39, 0.29) is 5.78 Å². The highest BCUT2D eigenvalue weighted by molar-refractivity contribution is 5.94. The highest BCUT2D eigenvalue weighted by Crippen LogP contribution is 2.30. The van der Waals surface area contributed by atoms with Gasteiger partial charge >= 0.3 is 0 Å². The quantitative estimate of drug-likeness (QED) is 0.596. The summed E-state index contributed by atoms with van der Waals surface area (Å²) in [6, 6.07) is 0. The number of carbonyl (C=O) groups excluding carboxylic acids is 1. The maximum absolute atomic E-state index is 11.1. The summed E-state index contributed by atoms with van der Waals surface area (Å²) in [5, 5.41) is 9.85. The lowest BCUT2D eigenvalue weighted by molar-refractivity contribution is 0.0247. The van der Waals surface area contributed by atoms with Gasteiger partial charge in [0.1, 0.15) is 11.3 Å². The monoisotopic (exact) mass is 424 g/mol. The molecule has 3 aliphatic rings. The molecule has 6 heterocycles. The van der Waals surface area contributed by atoms with Crippen LogP contribution >= 0.6 is 0 Å². The second kappa shape index (κ2) is 9.18. The Kier molecular flexibility index (Phi) is 6.36. The van der Waals surface area contributed by atoms with E-state index >= 15 is 0 Å². The predicted octanol–water partition coefficient (Wildman–Crippen LogP) is 3.52. The van der Waals surface area contributed by atoms with Crippen LogP contribution in [0.1, 0.15) is 80.2 Å². The Morgan fingerprint density at radius 2 is 1.61 bits per heavy atom. The zero-order valence-electron chi connectivity index (χ0n) is 18.4. The van der Waals surface area contributed by atoms with Crippen LogP contribution in [0.4, 0.5) is 0 Å². The van der Waals surface area contributed by atoms with Crippen molar-refractivity contribution in [3.05, 3.63) is 54.7 Å². The molecule has 0 amide bonds. The summed E-state index contributed by atoms with van der Waals surface area (Å²) in [5.41, 5.74) is 2.47. The molecule has 0 aliphatic carbocycles. The van der Waals surface area contributed by atoms with Crippen molar-refractivity contribution in [2.75, 3.05) is 0 Å². The molecule has 0 aromatic carbocycles. The molecule has 2 unspecified atom stereocenters. The number of fused-ring (bicyclic) bond motifs is 3. The number of imidazole rings is 3. The van der Waals surface area contributed by atoms with E-state index in [4.69, 9.17) is 0 Å². The molecule has 3 aromatic rings. The van der Waals surface area contributed by atoms with Gasteiger partial charge in [0.15, 0.2) is 5.78 Å². The van der Waals surface area contributed by atoms with Gasteiger partial charge in [-0.25, -0.2) is 15.0 Å². The molecule has 3 aromatic heterocycles. The third-order valence-corrected chi connectivity index (χ3v) is 6.41. The van der Waals surface area contributed by atoms with Crippen molar-refractivity contribution < 1.29 is 9.90 Å². The summed E-state index contributed by atoms with van der Waals surface area (Å²) in [6.07, 6.45) is 17.0. The van der Waals surface area contributed by atoms with Crippen molar-refractivity contribution >= 4 is 5.78 Å². The number of carbonyl (C=O) groups is 1. The highest BCUT2D eigenvalue weighted by atomic mass is 16.3. The van der Waals surface area contributed by atoms with E-state index in [9.17, 15) is 9.90 Å². The van der Waals surface area contributed by atoms with Gasteiger partial charge in [0.2, 0.25) is 0 Å². The fourth-order valence-electron chi connectivity index (χ4n) is 4.58. The first kappa shape index (κ1) is 21.5. The number of ketones is 1. The Balaban J connectivity index is 0.000000112. The molecular formula is C23H32N6O2.